The number of hydrogen-bond donors (Lipinski definition) is 1. The van der Waals surface area contributed by atoms with Gasteiger partial charge in [0.25, 0.3) is 0 Å². The van der Waals surface area contributed by atoms with Gasteiger partial charge in [0.05, 0.1) is 6.61 Å². The molecule has 0 amide bonds. The molecule has 3 heteroatoms. The minimum absolute atomic E-state index is 0.757. The summed E-state index contributed by atoms with van der Waals surface area (Å²) < 4.78 is 6.12. The summed E-state index contributed by atoms with van der Waals surface area (Å²) in [4.78, 5) is 0. The predicted octanol–water partition coefficient (Wildman–Crippen LogP) is 2.49. The Morgan fingerprint density at radius 1 is 1.43 bits per heavy atom. The van der Waals surface area contributed by atoms with Crippen molar-refractivity contribution in [3.63, 3.8) is 0 Å². The second kappa shape index (κ2) is 6.17. The molecule has 0 saturated heterocycles. The monoisotopic (exact) mass is 257 g/mol. The molecule has 1 aromatic carbocycles. The van der Waals surface area contributed by atoms with Gasteiger partial charge in [0, 0.05) is 24.7 Å². The van der Waals surface area contributed by atoms with Gasteiger partial charge in [-0.05, 0) is 24.1 Å². The Hall–Kier alpha value is -0.380. The summed E-state index contributed by atoms with van der Waals surface area (Å²) in [5, 5.41) is 3.30. The van der Waals surface area contributed by atoms with E-state index < -0.39 is 0 Å². The third-order valence-electron chi connectivity index (χ3n) is 2.05. The molecule has 0 spiro atoms. The largest absolute Gasteiger partial charge is 0.383 e. The first-order valence-electron chi connectivity index (χ1n) is 4.68. The molecule has 0 radical (unpaired) electrons. The van der Waals surface area contributed by atoms with Crippen molar-refractivity contribution in [1.29, 1.82) is 0 Å². The van der Waals surface area contributed by atoms with E-state index in [1.807, 2.05) is 0 Å². The highest BCUT2D eigenvalue weighted by Gasteiger charge is 1.96. The lowest BCUT2D eigenvalue weighted by Crippen LogP contribution is -2.18. The maximum atomic E-state index is 4.95. The summed E-state index contributed by atoms with van der Waals surface area (Å²) in [6.07, 6.45) is 0. The first-order valence-corrected chi connectivity index (χ1v) is 5.48. The van der Waals surface area contributed by atoms with Crippen molar-refractivity contribution in [1.82, 2.24) is 5.32 Å². The van der Waals surface area contributed by atoms with Gasteiger partial charge in [-0.2, -0.15) is 0 Å². The van der Waals surface area contributed by atoms with E-state index in [1.54, 1.807) is 7.11 Å². The number of nitrogens with one attached hydrogen (secondary N) is 1. The fourth-order valence-electron chi connectivity index (χ4n) is 1.15. The van der Waals surface area contributed by atoms with E-state index in [2.05, 4.69) is 46.4 Å². The Morgan fingerprint density at radius 2 is 2.21 bits per heavy atom. The Balaban J connectivity index is 2.39. The zero-order valence-corrected chi connectivity index (χ0v) is 10.2. The van der Waals surface area contributed by atoms with Gasteiger partial charge in [-0.25, -0.2) is 0 Å². The second-order valence-corrected chi connectivity index (χ2v) is 4.11. The predicted molar refractivity (Wildman–Crippen MR) is 62.5 cm³/mol. The zero-order chi connectivity index (χ0) is 10.4. The van der Waals surface area contributed by atoms with Crippen LogP contribution in [0.15, 0.2) is 22.7 Å². The molecule has 1 aromatic rings. The lowest BCUT2D eigenvalue weighted by Gasteiger charge is -2.05. The zero-order valence-electron chi connectivity index (χ0n) is 8.64. The third-order valence-corrected chi connectivity index (χ3v) is 2.90. The van der Waals surface area contributed by atoms with Crippen molar-refractivity contribution >= 4 is 15.9 Å². The number of hydrogen-bond acceptors (Lipinski definition) is 2. The number of aryl methyl sites for hydroxylation is 1. The Kier molecular flexibility index (Phi) is 5.15. The summed E-state index contributed by atoms with van der Waals surface area (Å²) in [5.74, 6) is 0. The number of ether oxygens (including phenoxy) is 1. The summed E-state index contributed by atoms with van der Waals surface area (Å²) in [6.45, 7) is 4.63. The van der Waals surface area contributed by atoms with E-state index in [4.69, 9.17) is 4.74 Å². The number of rotatable bonds is 5. The van der Waals surface area contributed by atoms with Crippen LogP contribution in [0.4, 0.5) is 0 Å². The van der Waals surface area contributed by atoms with Gasteiger partial charge in [0.1, 0.15) is 0 Å². The Labute approximate surface area is 93.8 Å². The highest BCUT2D eigenvalue weighted by atomic mass is 79.9. The van der Waals surface area contributed by atoms with Crippen LogP contribution >= 0.6 is 15.9 Å². The van der Waals surface area contributed by atoms with Gasteiger partial charge in [-0.3, -0.25) is 0 Å². The molecule has 0 unspecified atom stereocenters. The van der Waals surface area contributed by atoms with Gasteiger partial charge >= 0.3 is 0 Å². The topological polar surface area (TPSA) is 21.3 Å². The molecule has 0 aromatic heterocycles. The molecule has 0 bridgehead atoms. The van der Waals surface area contributed by atoms with E-state index in [0.29, 0.717) is 0 Å². The first kappa shape index (κ1) is 11.7. The van der Waals surface area contributed by atoms with E-state index in [0.717, 1.165) is 19.7 Å². The molecule has 0 saturated carbocycles. The summed E-state index contributed by atoms with van der Waals surface area (Å²) >= 11 is 3.52. The number of halogens is 1. The van der Waals surface area contributed by atoms with Crippen LogP contribution in [0.3, 0.4) is 0 Å². The van der Waals surface area contributed by atoms with Crippen molar-refractivity contribution in [3.05, 3.63) is 33.8 Å². The van der Waals surface area contributed by atoms with Crippen LogP contribution in [0, 0.1) is 6.92 Å². The van der Waals surface area contributed by atoms with Crippen LogP contribution < -0.4 is 5.32 Å². The van der Waals surface area contributed by atoms with Crippen LogP contribution in [0.2, 0.25) is 0 Å². The summed E-state index contributed by atoms with van der Waals surface area (Å²) in [7, 11) is 1.71. The van der Waals surface area contributed by atoms with Crippen molar-refractivity contribution in [2.45, 2.75) is 13.5 Å². The van der Waals surface area contributed by atoms with Crippen LogP contribution in [0.25, 0.3) is 0 Å². The number of methoxy groups -OCH3 is 1. The maximum absolute atomic E-state index is 4.95. The SMILES string of the molecule is COCCNCc1ccc(C)c(Br)c1. The molecule has 78 valence electrons. The van der Waals surface area contributed by atoms with Gasteiger partial charge in [0.15, 0.2) is 0 Å². The third kappa shape index (κ3) is 3.78. The minimum Gasteiger partial charge on any atom is -0.383 e. The lowest BCUT2D eigenvalue weighted by atomic mass is 10.1. The van der Waals surface area contributed by atoms with E-state index in [9.17, 15) is 0 Å². The Bertz CT molecular complexity index is 289. The average molecular weight is 258 g/mol. The van der Waals surface area contributed by atoms with E-state index in [1.165, 1.54) is 15.6 Å². The Morgan fingerprint density at radius 3 is 2.86 bits per heavy atom. The molecule has 0 fully saturated rings. The molecule has 0 aliphatic heterocycles. The normalized spacial score (nSPS) is 10.5. The smallest absolute Gasteiger partial charge is 0.0587 e. The van der Waals surface area contributed by atoms with Gasteiger partial charge in [0.2, 0.25) is 0 Å². The van der Waals surface area contributed by atoms with Crippen LogP contribution in [0.1, 0.15) is 11.1 Å². The summed E-state index contributed by atoms with van der Waals surface area (Å²) in [5.41, 5.74) is 2.56. The van der Waals surface area contributed by atoms with Gasteiger partial charge < -0.3 is 10.1 Å². The molecule has 0 atom stereocenters. The molecule has 2 nitrogen and oxygen atoms in total. The van der Waals surface area contributed by atoms with Crippen LogP contribution in [-0.2, 0) is 11.3 Å². The van der Waals surface area contributed by atoms with Crippen LogP contribution in [0.5, 0.6) is 0 Å². The van der Waals surface area contributed by atoms with Gasteiger partial charge in [-0.1, -0.05) is 28.1 Å². The summed E-state index contributed by atoms with van der Waals surface area (Å²) in [6, 6.07) is 6.41. The first-order chi connectivity index (χ1) is 6.74. The fraction of sp³-hybridized carbons (Fsp3) is 0.455. The highest BCUT2D eigenvalue weighted by molar-refractivity contribution is 9.10. The van der Waals surface area contributed by atoms with Crippen molar-refractivity contribution < 1.29 is 4.74 Å². The van der Waals surface area contributed by atoms with Crippen molar-refractivity contribution in [3.8, 4) is 0 Å². The van der Waals surface area contributed by atoms with Crippen LogP contribution in [-0.4, -0.2) is 20.3 Å². The standard InChI is InChI=1S/C11H16BrNO/c1-9-3-4-10(7-11(9)12)8-13-5-6-14-2/h3-4,7,13H,5-6,8H2,1-2H3. The highest BCUT2D eigenvalue weighted by Crippen LogP contribution is 2.17. The number of benzene rings is 1. The molecule has 0 heterocycles. The van der Waals surface area contributed by atoms with Gasteiger partial charge in [-0.15, -0.1) is 0 Å². The molecular weight excluding hydrogens is 242 g/mol. The molecule has 0 aliphatic rings. The van der Waals surface area contributed by atoms with E-state index in [-0.39, 0.29) is 0 Å². The molecule has 1 N–H and O–H groups in total. The molecule has 0 aliphatic carbocycles. The van der Waals surface area contributed by atoms with Crippen molar-refractivity contribution in [2.75, 3.05) is 20.3 Å². The van der Waals surface area contributed by atoms with E-state index >= 15 is 0 Å². The molecule has 1 rings (SSSR count). The van der Waals surface area contributed by atoms with Crippen molar-refractivity contribution in [2.24, 2.45) is 0 Å². The lowest BCUT2D eigenvalue weighted by molar-refractivity contribution is 0.199. The fourth-order valence-corrected chi connectivity index (χ4v) is 1.58. The minimum atomic E-state index is 0.757. The molecule has 14 heavy (non-hydrogen) atoms. The quantitative estimate of drug-likeness (QED) is 0.819. The maximum Gasteiger partial charge on any atom is 0.0587 e. The average Bonchev–Trinajstić information content (AvgIpc) is 2.18. The second-order valence-electron chi connectivity index (χ2n) is 3.25. The molecular formula is C11H16BrNO.